The summed E-state index contributed by atoms with van der Waals surface area (Å²) in [4.78, 5) is 25.7. The first-order valence-electron chi connectivity index (χ1n) is 15.0. The van der Waals surface area contributed by atoms with E-state index in [4.69, 9.17) is 4.74 Å². The Morgan fingerprint density at radius 2 is 1.89 bits per heavy atom. The van der Waals surface area contributed by atoms with Crippen LogP contribution in [0.1, 0.15) is 92.9 Å². The van der Waals surface area contributed by atoms with Crippen molar-refractivity contribution in [2.75, 3.05) is 6.61 Å². The van der Waals surface area contributed by atoms with Crippen molar-refractivity contribution >= 4 is 11.8 Å². The number of ketones is 1. The smallest absolute Gasteiger partial charge is 0.305 e. The van der Waals surface area contributed by atoms with Crippen molar-refractivity contribution in [1.82, 2.24) is 0 Å². The van der Waals surface area contributed by atoms with Crippen LogP contribution in [0.15, 0.2) is 23.3 Å². The number of carbonyl (C=O) groups excluding carboxylic acids is 2. The van der Waals surface area contributed by atoms with Gasteiger partial charge >= 0.3 is 5.97 Å². The number of hydrogen-bond donors (Lipinski definition) is 3. The Morgan fingerprint density at radius 1 is 1.18 bits per heavy atom. The van der Waals surface area contributed by atoms with E-state index in [1.807, 2.05) is 6.08 Å². The third-order valence-electron chi connectivity index (χ3n) is 11.2. The van der Waals surface area contributed by atoms with Gasteiger partial charge in [-0.1, -0.05) is 58.8 Å². The molecule has 0 aromatic carbocycles. The summed E-state index contributed by atoms with van der Waals surface area (Å²) in [5, 5.41) is 32.7. The molecule has 0 aromatic rings. The summed E-state index contributed by atoms with van der Waals surface area (Å²) >= 11 is 0. The van der Waals surface area contributed by atoms with Gasteiger partial charge in [0.25, 0.3) is 0 Å². The highest BCUT2D eigenvalue weighted by molar-refractivity contribution is 5.94. The lowest BCUT2D eigenvalue weighted by molar-refractivity contribution is -0.164. The van der Waals surface area contributed by atoms with Crippen LogP contribution in [0.25, 0.3) is 0 Å². The summed E-state index contributed by atoms with van der Waals surface area (Å²) in [6, 6.07) is 0. The summed E-state index contributed by atoms with van der Waals surface area (Å²) < 4.78 is 5.63. The maximum atomic E-state index is 13.8. The lowest BCUT2D eigenvalue weighted by atomic mass is 9.45. The number of allylic oxidation sites excluding steroid dienone is 2. The minimum absolute atomic E-state index is 0.0280. The van der Waals surface area contributed by atoms with Gasteiger partial charge in [-0.3, -0.25) is 9.59 Å². The second kappa shape index (κ2) is 11.2. The monoisotopic (exact) mass is 530 g/mol. The highest BCUT2D eigenvalue weighted by Crippen LogP contribution is 2.66. The molecule has 0 amide bonds. The minimum Gasteiger partial charge on any atom is -0.462 e. The lowest BCUT2D eigenvalue weighted by Gasteiger charge is -2.59. The molecule has 0 aliphatic heterocycles. The molecule has 4 aliphatic rings. The summed E-state index contributed by atoms with van der Waals surface area (Å²) in [5.74, 6) is -0.0387. The van der Waals surface area contributed by atoms with Gasteiger partial charge < -0.3 is 20.1 Å². The molecular weight excluding hydrogens is 480 g/mol. The molecule has 214 valence electrons. The second-order valence-corrected chi connectivity index (χ2v) is 13.6. The van der Waals surface area contributed by atoms with Crippen LogP contribution in [0.5, 0.6) is 0 Å². The van der Waals surface area contributed by atoms with E-state index in [9.17, 15) is 24.9 Å². The van der Waals surface area contributed by atoms with Crippen molar-refractivity contribution in [1.29, 1.82) is 0 Å². The normalized spacial score (nSPS) is 41.7. The molecule has 6 nitrogen and oxygen atoms in total. The predicted molar refractivity (Wildman–Crippen MR) is 147 cm³/mol. The molecule has 0 aromatic heterocycles. The van der Waals surface area contributed by atoms with Crippen molar-refractivity contribution in [3.05, 3.63) is 23.3 Å². The van der Waals surface area contributed by atoms with E-state index in [-0.39, 0.29) is 59.0 Å². The summed E-state index contributed by atoms with van der Waals surface area (Å²) in [7, 11) is 0. The van der Waals surface area contributed by atoms with Crippen molar-refractivity contribution in [3.8, 4) is 0 Å². The molecule has 3 N–H and O–H groups in total. The van der Waals surface area contributed by atoms with Gasteiger partial charge in [-0.2, -0.15) is 0 Å². The number of fused-ring (bicyclic) bond motifs is 5. The fourth-order valence-electron chi connectivity index (χ4n) is 9.18. The third-order valence-corrected chi connectivity index (χ3v) is 11.2. The van der Waals surface area contributed by atoms with Crippen LogP contribution in [0.3, 0.4) is 0 Å². The molecule has 4 aliphatic carbocycles. The van der Waals surface area contributed by atoms with Crippen LogP contribution in [-0.4, -0.2) is 52.0 Å². The van der Waals surface area contributed by atoms with Gasteiger partial charge in [0.2, 0.25) is 0 Å². The fraction of sp³-hybridized carbons (Fsp3) is 0.812. The van der Waals surface area contributed by atoms with E-state index in [0.717, 1.165) is 31.3 Å². The van der Waals surface area contributed by atoms with Gasteiger partial charge in [-0.25, -0.2) is 0 Å². The maximum Gasteiger partial charge on any atom is 0.305 e. The molecule has 10 unspecified atom stereocenters. The zero-order chi connectivity index (χ0) is 28.0. The van der Waals surface area contributed by atoms with Crippen LogP contribution in [0.2, 0.25) is 0 Å². The fourth-order valence-corrected chi connectivity index (χ4v) is 9.18. The summed E-state index contributed by atoms with van der Waals surface area (Å²) in [5.41, 5.74) is 1.61. The number of carbonyl (C=O) groups is 2. The zero-order valence-electron chi connectivity index (χ0n) is 24.3. The van der Waals surface area contributed by atoms with E-state index in [1.54, 1.807) is 13.0 Å². The number of ether oxygens (including phenoxy) is 1. The first-order valence-corrected chi connectivity index (χ1v) is 15.0. The van der Waals surface area contributed by atoms with Crippen molar-refractivity contribution in [2.45, 2.75) is 111 Å². The molecule has 4 rings (SSSR count). The van der Waals surface area contributed by atoms with Gasteiger partial charge in [-0.15, -0.1) is 0 Å². The van der Waals surface area contributed by atoms with Crippen LogP contribution < -0.4 is 0 Å². The Hall–Kier alpha value is -1.50. The van der Waals surface area contributed by atoms with Gasteiger partial charge in [-0.05, 0) is 73.2 Å². The first kappa shape index (κ1) is 29.5. The molecule has 0 spiro atoms. The van der Waals surface area contributed by atoms with Gasteiger partial charge in [0.15, 0.2) is 5.78 Å². The molecule has 0 radical (unpaired) electrons. The van der Waals surface area contributed by atoms with E-state index in [2.05, 4.69) is 34.6 Å². The van der Waals surface area contributed by atoms with Crippen molar-refractivity contribution in [3.63, 3.8) is 0 Å². The third kappa shape index (κ3) is 5.06. The van der Waals surface area contributed by atoms with E-state index in [0.29, 0.717) is 37.5 Å². The summed E-state index contributed by atoms with van der Waals surface area (Å²) in [6.07, 6.45) is 7.82. The Balaban J connectivity index is 1.58. The molecule has 0 saturated heterocycles. The van der Waals surface area contributed by atoms with Gasteiger partial charge in [0, 0.05) is 30.6 Å². The van der Waals surface area contributed by atoms with Gasteiger partial charge in [0.05, 0.1) is 18.8 Å². The largest absolute Gasteiger partial charge is 0.462 e. The second-order valence-electron chi connectivity index (χ2n) is 13.6. The molecule has 0 bridgehead atoms. The predicted octanol–water partition coefficient (Wildman–Crippen LogP) is 5.00. The minimum atomic E-state index is -0.617. The van der Waals surface area contributed by atoms with E-state index in [1.165, 1.54) is 5.57 Å². The number of aliphatic hydroxyl groups is 3. The van der Waals surface area contributed by atoms with Crippen LogP contribution in [-0.2, 0) is 14.3 Å². The topological polar surface area (TPSA) is 104 Å². The van der Waals surface area contributed by atoms with E-state index < -0.39 is 12.2 Å². The highest BCUT2D eigenvalue weighted by atomic mass is 16.5. The number of rotatable bonds is 8. The van der Waals surface area contributed by atoms with Crippen molar-refractivity contribution in [2.24, 2.45) is 46.3 Å². The SMILES string of the molecule is CCC(=O)OC1CCC2(C)C(=CC(=O)C3C2C(O)CC2(C)C(C(C)CCC(=CCO)C(C)C)CC(O)C32)C1. The quantitative estimate of drug-likeness (QED) is 0.301. The molecule has 3 saturated carbocycles. The standard InChI is InChI=1S/C32H50O6/c1-7-27(37)38-22-10-12-31(5)21(14-22)15-24(34)28-29-25(35)16-23(32(29,6)17-26(36)30(28)31)19(4)8-9-20(11-13-33)18(2)3/h11,15,18-19,22-23,25-26,28-30,33,35-36H,7-10,12-14,16-17H2,1-6H3. The van der Waals surface area contributed by atoms with Crippen LogP contribution in [0.4, 0.5) is 0 Å². The lowest BCUT2D eigenvalue weighted by Crippen LogP contribution is -2.60. The average molecular weight is 531 g/mol. The Morgan fingerprint density at radius 3 is 2.53 bits per heavy atom. The molecule has 3 fully saturated rings. The van der Waals surface area contributed by atoms with Gasteiger partial charge in [0.1, 0.15) is 6.10 Å². The molecule has 10 atom stereocenters. The Labute approximate surface area is 228 Å². The number of esters is 1. The molecule has 6 heteroatoms. The number of aliphatic hydroxyl groups excluding tert-OH is 3. The number of hydrogen-bond acceptors (Lipinski definition) is 6. The summed E-state index contributed by atoms with van der Waals surface area (Å²) in [6.45, 7) is 12.8. The van der Waals surface area contributed by atoms with E-state index >= 15 is 0 Å². The Bertz CT molecular complexity index is 967. The highest BCUT2D eigenvalue weighted by Gasteiger charge is 2.66. The first-order chi connectivity index (χ1) is 17.9. The zero-order valence-corrected chi connectivity index (χ0v) is 24.3. The average Bonchev–Trinajstić information content (AvgIpc) is 3.11. The molecular formula is C32H50O6. The van der Waals surface area contributed by atoms with Crippen LogP contribution in [0, 0.1) is 46.3 Å². The van der Waals surface area contributed by atoms with Crippen molar-refractivity contribution < 1.29 is 29.6 Å². The Kier molecular flexibility index (Phi) is 8.67. The molecule has 38 heavy (non-hydrogen) atoms. The molecule has 0 heterocycles. The van der Waals surface area contributed by atoms with Crippen LogP contribution >= 0.6 is 0 Å². The maximum absolute atomic E-state index is 13.8.